The lowest BCUT2D eigenvalue weighted by molar-refractivity contribution is -0.113. The summed E-state index contributed by atoms with van der Waals surface area (Å²) in [7, 11) is 0. The zero-order chi connectivity index (χ0) is 22.2. The molecule has 8 heteroatoms. The minimum Gasteiger partial charge on any atom is -0.386 e. The average Bonchev–Trinajstić information content (AvgIpc) is 3.26. The van der Waals surface area contributed by atoms with E-state index in [0.717, 1.165) is 37.7 Å². The summed E-state index contributed by atoms with van der Waals surface area (Å²) in [5.41, 5.74) is 2.68. The van der Waals surface area contributed by atoms with Gasteiger partial charge in [0.2, 0.25) is 0 Å². The molecule has 4 rings (SSSR count). The predicted octanol–water partition coefficient (Wildman–Crippen LogP) is 5.69. The fourth-order valence-corrected chi connectivity index (χ4v) is 5.40. The van der Waals surface area contributed by atoms with Crippen molar-refractivity contribution in [2.75, 3.05) is 5.75 Å². The monoisotopic (exact) mass is 471 g/mol. The van der Waals surface area contributed by atoms with E-state index in [2.05, 4.69) is 10.1 Å². The molecular formula is C23H22ClN3O2S2. The Hall–Kier alpha value is -2.06. The number of nitrogens with zero attached hydrogens (tertiary/aromatic N) is 3. The number of aromatic nitrogens is 2. The summed E-state index contributed by atoms with van der Waals surface area (Å²) in [4.78, 5) is 16.8. The Bertz CT molecular complexity index is 1230. The van der Waals surface area contributed by atoms with Crippen LogP contribution in [0.3, 0.4) is 0 Å². The van der Waals surface area contributed by atoms with E-state index in [-0.39, 0.29) is 5.91 Å². The van der Waals surface area contributed by atoms with Crippen LogP contribution in [0.15, 0.2) is 52.5 Å². The molecule has 0 fully saturated rings. The van der Waals surface area contributed by atoms with Crippen LogP contribution < -0.4 is 0 Å². The average molecular weight is 472 g/mol. The van der Waals surface area contributed by atoms with Crippen molar-refractivity contribution in [3.63, 3.8) is 0 Å². The van der Waals surface area contributed by atoms with E-state index in [1.54, 1.807) is 31.7 Å². The van der Waals surface area contributed by atoms with Crippen molar-refractivity contribution in [2.24, 2.45) is 4.99 Å². The normalized spacial score (nSPS) is 15.8. The van der Waals surface area contributed by atoms with E-state index < -0.39 is 5.60 Å². The van der Waals surface area contributed by atoms with Gasteiger partial charge in [-0.2, -0.15) is 10.1 Å². The molecule has 0 spiro atoms. The Morgan fingerprint density at radius 1 is 1.26 bits per heavy atom. The highest BCUT2D eigenvalue weighted by molar-refractivity contribution is 8.41. The third-order valence-corrected chi connectivity index (χ3v) is 7.27. The molecule has 0 saturated carbocycles. The highest BCUT2D eigenvalue weighted by Crippen LogP contribution is 2.34. The van der Waals surface area contributed by atoms with Crippen LogP contribution in [0.25, 0.3) is 17.0 Å². The van der Waals surface area contributed by atoms with Crippen LogP contribution >= 0.6 is 35.1 Å². The first-order valence-corrected chi connectivity index (χ1v) is 12.0. The molecule has 1 aliphatic rings. The Labute approximate surface area is 194 Å². The molecular weight excluding hydrogens is 450 g/mol. The van der Waals surface area contributed by atoms with Crippen molar-refractivity contribution in [1.29, 1.82) is 0 Å². The number of aliphatic imine (C=N–C) groups is 1. The van der Waals surface area contributed by atoms with Gasteiger partial charge in [-0.25, -0.2) is 0 Å². The van der Waals surface area contributed by atoms with Gasteiger partial charge in [0.1, 0.15) is 4.38 Å². The quantitative estimate of drug-likeness (QED) is 0.484. The second kappa shape index (κ2) is 8.82. The summed E-state index contributed by atoms with van der Waals surface area (Å²) in [5, 5.41) is 16.3. The zero-order valence-electron chi connectivity index (χ0n) is 17.4. The first-order chi connectivity index (χ1) is 14.7. The highest BCUT2D eigenvalue weighted by atomic mass is 35.5. The molecule has 160 valence electrons. The first kappa shape index (κ1) is 22.1. The second-order valence-electron chi connectivity index (χ2n) is 7.71. The molecule has 0 saturated heterocycles. The SMILES string of the molecule is CCSC1=NC(=O)C(=Cc2ccc3c(cnn3Cc3ccc(C(C)(C)O)cc3Cl)c2)S1. The third kappa shape index (κ3) is 4.90. The molecule has 0 atom stereocenters. The zero-order valence-corrected chi connectivity index (χ0v) is 19.8. The van der Waals surface area contributed by atoms with E-state index in [0.29, 0.717) is 16.5 Å². The van der Waals surface area contributed by atoms with Crippen LogP contribution in [0, 0.1) is 0 Å². The van der Waals surface area contributed by atoms with Crippen molar-refractivity contribution >= 4 is 62.4 Å². The predicted molar refractivity (Wildman–Crippen MR) is 132 cm³/mol. The van der Waals surface area contributed by atoms with E-state index in [1.165, 1.54) is 11.8 Å². The van der Waals surface area contributed by atoms with E-state index in [1.807, 2.05) is 54.2 Å². The number of benzene rings is 2. The lowest BCUT2D eigenvalue weighted by atomic mass is 9.97. The number of amides is 1. The van der Waals surface area contributed by atoms with Crippen LogP contribution in [0.5, 0.6) is 0 Å². The van der Waals surface area contributed by atoms with E-state index in [9.17, 15) is 9.90 Å². The van der Waals surface area contributed by atoms with Gasteiger partial charge in [-0.05, 0) is 60.6 Å². The Morgan fingerprint density at radius 2 is 2.06 bits per heavy atom. The molecule has 2 aromatic carbocycles. The van der Waals surface area contributed by atoms with Gasteiger partial charge in [-0.1, -0.05) is 60.2 Å². The summed E-state index contributed by atoms with van der Waals surface area (Å²) in [6.45, 7) is 6.04. The minimum absolute atomic E-state index is 0.180. The van der Waals surface area contributed by atoms with Crippen molar-refractivity contribution in [1.82, 2.24) is 9.78 Å². The van der Waals surface area contributed by atoms with E-state index in [4.69, 9.17) is 11.6 Å². The fraction of sp³-hybridized carbons (Fsp3) is 0.261. The molecule has 31 heavy (non-hydrogen) atoms. The number of aliphatic hydroxyl groups is 1. The molecule has 2 heterocycles. The van der Waals surface area contributed by atoms with Gasteiger partial charge in [0.05, 0.1) is 28.8 Å². The summed E-state index contributed by atoms with van der Waals surface area (Å²) in [5.74, 6) is 0.711. The van der Waals surface area contributed by atoms with Crippen LogP contribution in [0.4, 0.5) is 0 Å². The molecule has 0 unspecified atom stereocenters. The van der Waals surface area contributed by atoms with Crippen molar-refractivity contribution in [3.8, 4) is 0 Å². The number of fused-ring (bicyclic) bond motifs is 1. The van der Waals surface area contributed by atoms with E-state index >= 15 is 0 Å². The molecule has 1 aliphatic heterocycles. The standard InChI is InChI=1S/C23H22ClN3O2S2/c1-4-30-22-26-21(28)20(31-22)10-14-5-8-19-16(9-14)12-25-27(19)13-15-6-7-17(11-18(15)24)23(2,3)29/h5-12,29H,4,13H2,1-3H3. The lowest BCUT2D eigenvalue weighted by Gasteiger charge is -2.19. The van der Waals surface area contributed by atoms with Crippen LogP contribution in [0.2, 0.25) is 5.02 Å². The fourth-order valence-electron chi connectivity index (χ4n) is 3.27. The van der Waals surface area contributed by atoms with Crippen molar-refractivity contribution in [2.45, 2.75) is 32.9 Å². The number of rotatable bonds is 5. The Kier molecular flexibility index (Phi) is 6.30. The third-order valence-electron chi connectivity index (χ3n) is 4.91. The van der Waals surface area contributed by atoms with Gasteiger partial charge in [-0.3, -0.25) is 9.48 Å². The largest absolute Gasteiger partial charge is 0.386 e. The van der Waals surface area contributed by atoms with Gasteiger partial charge in [0.25, 0.3) is 5.91 Å². The number of hydrogen-bond donors (Lipinski definition) is 1. The number of thioether (sulfide) groups is 2. The highest BCUT2D eigenvalue weighted by Gasteiger charge is 2.22. The molecule has 1 N–H and O–H groups in total. The smallest absolute Gasteiger partial charge is 0.285 e. The van der Waals surface area contributed by atoms with Crippen molar-refractivity contribution in [3.05, 3.63) is 69.2 Å². The van der Waals surface area contributed by atoms with Crippen LogP contribution in [0.1, 0.15) is 37.5 Å². The summed E-state index contributed by atoms with van der Waals surface area (Å²) < 4.78 is 2.70. The van der Waals surface area contributed by atoms with Gasteiger partial charge < -0.3 is 5.11 Å². The van der Waals surface area contributed by atoms with Crippen LogP contribution in [-0.4, -0.2) is 30.9 Å². The number of hydrogen-bond acceptors (Lipinski definition) is 5. The number of carbonyl (C=O) groups excluding carboxylic acids is 1. The molecule has 5 nitrogen and oxygen atoms in total. The lowest BCUT2D eigenvalue weighted by Crippen LogP contribution is -2.15. The summed E-state index contributed by atoms with van der Waals surface area (Å²) >= 11 is 9.47. The van der Waals surface area contributed by atoms with Crippen LogP contribution in [-0.2, 0) is 16.9 Å². The molecule has 0 aliphatic carbocycles. The van der Waals surface area contributed by atoms with Gasteiger partial charge in [0, 0.05) is 10.4 Å². The number of halogens is 1. The maximum atomic E-state index is 12.1. The Balaban J connectivity index is 1.56. The summed E-state index contributed by atoms with van der Waals surface area (Å²) in [6, 6.07) is 11.6. The van der Waals surface area contributed by atoms with Gasteiger partial charge in [-0.15, -0.1) is 0 Å². The number of carbonyl (C=O) groups is 1. The molecule has 3 aromatic rings. The van der Waals surface area contributed by atoms with Gasteiger partial charge in [0.15, 0.2) is 0 Å². The van der Waals surface area contributed by atoms with Gasteiger partial charge >= 0.3 is 0 Å². The van der Waals surface area contributed by atoms with Crippen molar-refractivity contribution < 1.29 is 9.90 Å². The second-order valence-corrected chi connectivity index (χ2v) is 10.7. The Morgan fingerprint density at radius 3 is 2.77 bits per heavy atom. The molecule has 0 bridgehead atoms. The maximum absolute atomic E-state index is 12.1. The molecule has 1 amide bonds. The minimum atomic E-state index is -0.939. The first-order valence-electron chi connectivity index (χ1n) is 9.87. The topological polar surface area (TPSA) is 67.5 Å². The molecule has 1 aromatic heterocycles. The molecule has 0 radical (unpaired) electrons. The summed E-state index contributed by atoms with van der Waals surface area (Å²) in [6.07, 6.45) is 3.69. The maximum Gasteiger partial charge on any atom is 0.285 e.